The number of nitrogens with one attached hydrogen (secondary N) is 1. The van der Waals surface area contributed by atoms with E-state index in [1.807, 2.05) is 17.6 Å². The second-order valence-electron chi connectivity index (χ2n) is 7.82. The molecule has 9 heteroatoms. The molecule has 0 bridgehead atoms. The molecule has 0 fully saturated rings. The largest absolute Gasteiger partial charge is 0.486 e. The van der Waals surface area contributed by atoms with Crippen molar-refractivity contribution >= 4 is 28.7 Å². The maximum Gasteiger partial charge on any atom is 0.321 e. The Kier molecular flexibility index (Phi) is 5.89. The molecule has 3 amide bonds. The van der Waals surface area contributed by atoms with Crippen molar-refractivity contribution in [2.45, 2.75) is 20.0 Å². The van der Waals surface area contributed by atoms with E-state index in [2.05, 4.69) is 5.32 Å². The van der Waals surface area contributed by atoms with Crippen LogP contribution in [-0.4, -0.2) is 65.6 Å². The number of carbonyl (C=O) groups is 2. The van der Waals surface area contributed by atoms with E-state index in [1.54, 1.807) is 56.4 Å². The van der Waals surface area contributed by atoms with Crippen LogP contribution in [0.5, 0.6) is 11.5 Å². The minimum absolute atomic E-state index is 0.0737. The fraction of sp³-hybridized carbons (Fsp3) is 0.348. The van der Waals surface area contributed by atoms with E-state index in [0.29, 0.717) is 49.1 Å². The molecule has 1 aliphatic heterocycles. The van der Waals surface area contributed by atoms with Crippen LogP contribution in [0.2, 0.25) is 0 Å². The van der Waals surface area contributed by atoms with Crippen molar-refractivity contribution < 1.29 is 19.1 Å². The fourth-order valence-corrected chi connectivity index (χ4v) is 3.67. The zero-order valence-corrected chi connectivity index (χ0v) is 18.7. The molecule has 9 nitrogen and oxygen atoms in total. The molecule has 32 heavy (non-hydrogen) atoms. The van der Waals surface area contributed by atoms with Crippen molar-refractivity contribution in [3.63, 3.8) is 0 Å². The molecule has 1 aliphatic rings. The Labute approximate surface area is 186 Å². The smallest absolute Gasteiger partial charge is 0.321 e. The topological polar surface area (TPSA) is 88.9 Å². The molecule has 3 aromatic rings. The van der Waals surface area contributed by atoms with Crippen LogP contribution in [-0.2, 0) is 13.1 Å². The molecule has 168 valence electrons. The van der Waals surface area contributed by atoms with Gasteiger partial charge in [0.05, 0.1) is 17.6 Å². The Morgan fingerprint density at radius 2 is 1.81 bits per heavy atom. The van der Waals surface area contributed by atoms with Crippen LogP contribution in [0, 0.1) is 0 Å². The first-order chi connectivity index (χ1) is 15.4. The second kappa shape index (κ2) is 8.78. The molecule has 0 saturated carbocycles. The molecule has 2 aromatic carbocycles. The first-order valence-electron chi connectivity index (χ1n) is 10.5. The van der Waals surface area contributed by atoms with Crippen LogP contribution in [0.25, 0.3) is 11.0 Å². The van der Waals surface area contributed by atoms with Gasteiger partial charge in [0.15, 0.2) is 11.5 Å². The van der Waals surface area contributed by atoms with Crippen molar-refractivity contribution in [3.8, 4) is 11.5 Å². The molecule has 0 radical (unpaired) electrons. The van der Waals surface area contributed by atoms with Gasteiger partial charge in [-0.1, -0.05) is 0 Å². The number of rotatable bonds is 5. The lowest BCUT2D eigenvalue weighted by atomic mass is 10.2. The molecular formula is C23H27N5O4. The lowest BCUT2D eigenvalue weighted by molar-refractivity contribution is 0.0827. The van der Waals surface area contributed by atoms with Gasteiger partial charge in [0.25, 0.3) is 5.91 Å². The van der Waals surface area contributed by atoms with Gasteiger partial charge in [-0.3, -0.25) is 4.79 Å². The van der Waals surface area contributed by atoms with Gasteiger partial charge in [0.2, 0.25) is 0 Å². The van der Waals surface area contributed by atoms with Crippen LogP contribution in [0.3, 0.4) is 0 Å². The molecule has 0 saturated heterocycles. The van der Waals surface area contributed by atoms with Gasteiger partial charge >= 0.3 is 6.03 Å². The van der Waals surface area contributed by atoms with E-state index in [4.69, 9.17) is 14.5 Å². The highest BCUT2D eigenvalue weighted by molar-refractivity contribution is 5.97. The van der Waals surface area contributed by atoms with Crippen LogP contribution in [0.1, 0.15) is 23.1 Å². The highest BCUT2D eigenvalue weighted by Crippen LogP contribution is 2.32. The number of carbonyl (C=O) groups excluding carboxylic acids is 2. The van der Waals surface area contributed by atoms with Crippen molar-refractivity contribution in [3.05, 3.63) is 47.8 Å². The van der Waals surface area contributed by atoms with Crippen molar-refractivity contribution in [1.82, 2.24) is 19.4 Å². The summed E-state index contributed by atoms with van der Waals surface area (Å²) in [6.45, 7) is 4.04. The summed E-state index contributed by atoms with van der Waals surface area (Å²) in [5.74, 6) is 1.96. The van der Waals surface area contributed by atoms with Gasteiger partial charge in [0, 0.05) is 45.0 Å². The van der Waals surface area contributed by atoms with E-state index >= 15 is 0 Å². The first-order valence-corrected chi connectivity index (χ1v) is 10.5. The Balaban J connectivity index is 1.51. The number of hydrogen-bond donors (Lipinski definition) is 1. The molecule has 0 aliphatic carbocycles. The molecular weight excluding hydrogens is 410 g/mol. The standard InChI is InChI=1S/C23H27N5O4/c1-5-28-18-8-6-15(22(29)26(2)3)12-17(18)25-21(28)14-27(4)23(30)24-16-7-9-19-20(13-16)32-11-10-31-19/h6-9,12-13H,5,10-11,14H2,1-4H3,(H,24,30). The molecule has 0 atom stereocenters. The van der Waals surface area contributed by atoms with E-state index in [-0.39, 0.29) is 11.9 Å². The average Bonchev–Trinajstić information content (AvgIpc) is 3.14. The van der Waals surface area contributed by atoms with Crippen molar-refractivity contribution in [1.29, 1.82) is 0 Å². The summed E-state index contributed by atoms with van der Waals surface area (Å²) in [5.41, 5.74) is 2.87. The number of imidazole rings is 1. The average molecular weight is 438 g/mol. The number of aryl methyl sites for hydroxylation is 1. The SMILES string of the molecule is CCn1c(CN(C)C(=O)Nc2ccc3c(c2)OCCO3)nc2cc(C(=O)N(C)C)ccc21. The molecule has 1 N–H and O–H groups in total. The van der Waals surface area contributed by atoms with Gasteiger partial charge in [-0.25, -0.2) is 9.78 Å². The summed E-state index contributed by atoms with van der Waals surface area (Å²) < 4.78 is 13.1. The lowest BCUT2D eigenvalue weighted by Gasteiger charge is -2.21. The highest BCUT2D eigenvalue weighted by Gasteiger charge is 2.18. The van der Waals surface area contributed by atoms with Crippen LogP contribution < -0.4 is 14.8 Å². The number of fused-ring (bicyclic) bond motifs is 2. The minimum Gasteiger partial charge on any atom is -0.486 e. The van der Waals surface area contributed by atoms with Gasteiger partial charge < -0.3 is 29.2 Å². The third kappa shape index (κ3) is 4.18. The number of ether oxygens (including phenoxy) is 2. The molecule has 0 spiro atoms. The highest BCUT2D eigenvalue weighted by atomic mass is 16.6. The third-order valence-corrected chi connectivity index (χ3v) is 5.32. The summed E-state index contributed by atoms with van der Waals surface area (Å²) in [4.78, 5) is 32.9. The summed E-state index contributed by atoms with van der Waals surface area (Å²) in [6, 6.07) is 10.6. The second-order valence-corrected chi connectivity index (χ2v) is 7.82. The Bertz CT molecular complexity index is 1170. The molecule has 1 aromatic heterocycles. The number of anilines is 1. The zero-order valence-electron chi connectivity index (χ0n) is 18.7. The van der Waals surface area contributed by atoms with E-state index in [9.17, 15) is 9.59 Å². The van der Waals surface area contributed by atoms with Gasteiger partial charge in [0.1, 0.15) is 19.0 Å². The number of benzene rings is 2. The summed E-state index contributed by atoms with van der Waals surface area (Å²) in [5, 5.41) is 2.88. The van der Waals surface area contributed by atoms with Crippen LogP contribution in [0.4, 0.5) is 10.5 Å². The van der Waals surface area contributed by atoms with E-state index in [1.165, 1.54) is 4.90 Å². The lowest BCUT2D eigenvalue weighted by Crippen LogP contribution is -2.32. The number of aromatic nitrogens is 2. The van der Waals surface area contributed by atoms with Crippen LogP contribution in [0.15, 0.2) is 36.4 Å². The molecule has 4 rings (SSSR count). The number of nitrogens with zero attached hydrogens (tertiary/aromatic N) is 4. The quantitative estimate of drug-likeness (QED) is 0.662. The summed E-state index contributed by atoms with van der Waals surface area (Å²) >= 11 is 0. The van der Waals surface area contributed by atoms with Crippen LogP contribution >= 0.6 is 0 Å². The fourth-order valence-electron chi connectivity index (χ4n) is 3.67. The molecule has 2 heterocycles. The first kappa shape index (κ1) is 21.5. The third-order valence-electron chi connectivity index (χ3n) is 5.32. The van der Waals surface area contributed by atoms with Gasteiger partial charge in [-0.15, -0.1) is 0 Å². The maximum atomic E-state index is 12.8. The normalized spacial score (nSPS) is 12.5. The van der Waals surface area contributed by atoms with Crippen molar-refractivity contribution in [2.24, 2.45) is 0 Å². The van der Waals surface area contributed by atoms with Gasteiger partial charge in [-0.05, 0) is 37.3 Å². The van der Waals surface area contributed by atoms with Crippen molar-refractivity contribution in [2.75, 3.05) is 39.7 Å². The molecule has 0 unspecified atom stereocenters. The zero-order chi connectivity index (χ0) is 22.8. The monoisotopic (exact) mass is 437 g/mol. The number of amides is 3. The summed E-state index contributed by atoms with van der Waals surface area (Å²) in [6.07, 6.45) is 0. The predicted molar refractivity (Wildman–Crippen MR) is 121 cm³/mol. The van der Waals surface area contributed by atoms with E-state index in [0.717, 1.165) is 16.9 Å². The number of hydrogen-bond acceptors (Lipinski definition) is 5. The Morgan fingerprint density at radius 1 is 1.06 bits per heavy atom. The predicted octanol–water partition coefficient (Wildman–Crippen LogP) is 3.19. The maximum absolute atomic E-state index is 12.8. The Hall–Kier alpha value is -3.75. The number of urea groups is 1. The Morgan fingerprint density at radius 3 is 2.53 bits per heavy atom. The summed E-state index contributed by atoms with van der Waals surface area (Å²) in [7, 11) is 5.16. The minimum atomic E-state index is -0.264. The van der Waals surface area contributed by atoms with E-state index < -0.39 is 0 Å². The van der Waals surface area contributed by atoms with Gasteiger partial charge in [-0.2, -0.15) is 0 Å².